The Bertz CT molecular complexity index is 704. The van der Waals surface area contributed by atoms with Crippen molar-refractivity contribution in [2.45, 2.75) is 6.92 Å². The minimum Gasteiger partial charge on any atom is -0.310 e. The Morgan fingerprint density at radius 1 is 1.20 bits per heavy atom. The molecule has 20 heavy (non-hydrogen) atoms. The van der Waals surface area contributed by atoms with Crippen molar-refractivity contribution in [3.63, 3.8) is 0 Å². The molecule has 0 aliphatic rings. The van der Waals surface area contributed by atoms with Crippen LogP contribution in [0.15, 0.2) is 42.5 Å². The first-order valence-corrected chi connectivity index (χ1v) is 6.46. The van der Waals surface area contributed by atoms with E-state index in [4.69, 9.17) is 16.9 Å². The fourth-order valence-corrected chi connectivity index (χ4v) is 2.16. The first-order valence-electron chi connectivity index (χ1n) is 6.08. The lowest BCUT2D eigenvalue weighted by atomic mass is 10.1. The first-order chi connectivity index (χ1) is 9.56. The van der Waals surface area contributed by atoms with E-state index in [1.807, 2.05) is 0 Å². The van der Waals surface area contributed by atoms with Gasteiger partial charge in [0.25, 0.3) is 5.91 Å². The Balaban J connectivity index is 2.44. The number of rotatable bonds is 2. The topological polar surface area (TPSA) is 44.1 Å². The van der Waals surface area contributed by atoms with Gasteiger partial charge in [-0.2, -0.15) is 5.26 Å². The van der Waals surface area contributed by atoms with Crippen LogP contribution in [0.4, 0.5) is 5.69 Å². The average Bonchev–Trinajstić information content (AvgIpc) is 2.48. The van der Waals surface area contributed by atoms with E-state index in [2.05, 4.69) is 6.07 Å². The number of para-hydroxylation sites is 1. The third-order valence-corrected chi connectivity index (χ3v) is 3.60. The van der Waals surface area contributed by atoms with Crippen molar-refractivity contribution in [1.82, 2.24) is 0 Å². The summed E-state index contributed by atoms with van der Waals surface area (Å²) in [6.45, 7) is 1.81. The molecule has 0 aliphatic heterocycles. The summed E-state index contributed by atoms with van der Waals surface area (Å²) in [7, 11) is 1.65. The maximum absolute atomic E-state index is 12.5. The number of hydrogen-bond donors (Lipinski definition) is 0. The molecule has 0 unspecified atom stereocenters. The van der Waals surface area contributed by atoms with Crippen molar-refractivity contribution in [2.24, 2.45) is 0 Å². The van der Waals surface area contributed by atoms with E-state index in [1.165, 1.54) is 4.90 Å². The van der Waals surface area contributed by atoms with Crippen LogP contribution in [-0.2, 0) is 0 Å². The quantitative estimate of drug-likeness (QED) is 0.842. The van der Waals surface area contributed by atoms with E-state index in [9.17, 15) is 4.79 Å². The maximum Gasteiger partial charge on any atom is 0.258 e. The number of anilines is 1. The minimum atomic E-state index is -0.187. The molecule has 2 rings (SSSR count). The highest BCUT2D eigenvalue weighted by atomic mass is 35.5. The summed E-state index contributed by atoms with van der Waals surface area (Å²) in [6, 6.07) is 14.3. The Kier molecular flexibility index (Phi) is 4.07. The fraction of sp³-hybridized carbons (Fsp3) is 0.125. The number of carbonyl (C=O) groups is 1. The SMILES string of the molecule is Cc1c(Cl)cccc1C(=O)N(C)c1ccccc1C#N. The van der Waals surface area contributed by atoms with Gasteiger partial charge in [0.05, 0.1) is 11.3 Å². The predicted molar refractivity (Wildman–Crippen MR) is 80.1 cm³/mol. The Hall–Kier alpha value is -2.31. The summed E-state index contributed by atoms with van der Waals surface area (Å²) in [4.78, 5) is 14.0. The molecule has 0 spiro atoms. The third-order valence-electron chi connectivity index (χ3n) is 3.19. The number of benzene rings is 2. The number of hydrogen-bond acceptors (Lipinski definition) is 2. The number of amides is 1. The van der Waals surface area contributed by atoms with Crippen molar-refractivity contribution in [3.05, 3.63) is 64.2 Å². The fourth-order valence-electron chi connectivity index (χ4n) is 1.99. The highest BCUT2D eigenvalue weighted by Crippen LogP contribution is 2.24. The molecule has 1 amide bonds. The summed E-state index contributed by atoms with van der Waals surface area (Å²) in [5.74, 6) is -0.187. The Morgan fingerprint density at radius 3 is 2.60 bits per heavy atom. The lowest BCUT2D eigenvalue weighted by Gasteiger charge is -2.19. The highest BCUT2D eigenvalue weighted by Gasteiger charge is 2.18. The second kappa shape index (κ2) is 5.77. The van der Waals surface area contributed by atoms with E-state index in [0.29, 0.717) is 21.8 Å². The third kappa shape index (κ3) is 2.52. The zero-order valence-electron chi connectivity index (χ0n) is 11.2. The molecular weight excluding hydrogens is 272 g/mol. The van der Waals surface area contributed by atoms with E-state index >= 15 is 0 Å². The lowest BCUT2D eigenvalue weighted by molar-refractivity contribution is 0.0992. The van der Waals surface area contributed by atoms with E-state index < -0.39 is 0 Å². The zero-order valence-corrected chi connectivity index (χ0v) is 12.0. The van der Waals surface area contributed by atoms with Crippen LogP contribution in [0, 0.1) is 18.3 Å². The van der Waals surface area contributed by atoms with Crippen molar-refractivity contribution in [2.75, 3.05) is 11.9 Å². The van der Waals surface area contributed by atoms with Crippen LogP contribution >= 0.6 is 11.6 Å². The van der Waals surface area contributed by atoms with Gasteiger partial charge in [-0.25, -0.2) is 0 Å². The minimum absolute atomic E-state index is 0.187. The smallest absolute Gasteiger partial charge is 0.258 e. The second-order valence-corrected chi connectivity index (χ2v) is 4.81. The van der Waals surface area contributed by atoms with Gasteiger partial charge in [0.15, 0.2) is 0 Å². The zero-order chi connectivity index (χ0) is 14.7. The summed E-state index contributed by atoms with van der Waals surface area (Å²) < 4.78 is 0. The summed E-state index contributed by atoms with van der Waals surface area (Å²) in [6.07, 6.45) is 0. The van der Waals surface area contributed by atoms with E-state index in [-0.39, 0.29) is 5.91 Å². The van der Waals surface area contributed by atoms with Crippen LogP contribution in [0.2, 0.25) is 5.02 Å². The van der Waals surface area contributed by atoms with Crippen LogP contribution < -0.4 is 4.90 Å². The van der Waals surface area contributed by atoms with E-state index in [1.54, 1.807) is 56.4 Å². The lowest BCUT2D eigenvalue weighted by Crippen LogP contribution is -2.27. The van der Waals surface area contributed by atoms with Gasteiger partial charge < -0.3 is 4.90 Å². The average molecular weight is 285 g/mol. The van der Waals surface area contributed by atoms with Crippen molar-refractivity contribution >= 4 is 23.2 Å². The maximum atomic E-state index is 12.5. The Labute approximate surface area is 123 Å². The van der Waals surface area contributed by atoms with E-state index in [0.717, 1.165) is 5.56 Å². The van der Waals surface area contributed by atoms with Gasteiger partial charge in [-0.3, -0.25) is 4.79 Å². The van der Waals surface area contributed by atoms with Gasteiger partial charge in [-0.05, 0) is 36.8 Å². The molecule has 0 aromatic heterocycles. The monoisotopic (exact) mass is 284 g/mol. The molecular formula is C16H13ClN2O. The van der Waals surface area contributed by atoms with Gasteiger partial charge in [0.1, 0.15) is 6.07 Å². The second-order valence-electron chi connectivity index (χ2n) is 4.41. The molecule has 4 heteroatoms. The molecule has 0 bridgehead atoms. The normalized spacial score (nSPS) is 9.90. The molecule has 0 heterocycles. The van der Waals surface area contributed by atoms with Gasteiger partial charge in [-0.1, -0.05) is 29.8 Å². The molecule has 0 N–H and O–H groups in total. The number of carbonyl (C=O) groups excluding carboxylic acids is 1. The van der Waals surface area contributed by atoms with Gasteiger partial charge >= 0.3 is 0 Å². The predicted octanol–water partition coefficient (Wildman–Crippen LogP) is 3.80. The molecule has 2 aromatic rings. The molecule has 0 aliphatic carbocycles. The van der Waals surface area contributed by atoms with Crippen LogP contribution in [0.5, 0.6) is 0 Å². The molecule has 0 atom stereocenters. The largest absolute Gasteiger partial charge is 0.310 e. The van der Waals surface area contributed by atoms with Crippen molar-refractivity contribution < 1.29 is 4.79 Å². The number of nitrogens with zero attached hydrogens (tertiary/aromatic N) is 2. The van der Waals surface area contributed by atoms with Crippen LogP contribution in [0.25, 0.3) is 0 Å². The summed E-state index contributed by atoms with van der Waals surface area (Å²) >= 11 is 6.04. The molecule has 0 fully saturated rings. The van der Waals surface area contributed by atoms with Crippen LogP contribution in [-0.4, -0.2) is 13.0 Å². The number of nitriles is 1. The van der Waals surface area contributed by atoms with Crippen molar-refractivity contribution in [1.29, 1.82) is 5.26 Å². The van der Waals surface area contributed by atoms with Crippen LogP contribution in [0.1, 0.15) is 21.5 Å². The Morgan fingerprint density at radius 2 is 1.90 bits per heavy atom. The van der Waals surface area contributed by atoms with Gasteiger partial charge in [0.2, 0.25) is 0 Å². The molecule has 3 nitrogen and oxygen atoms in total. The highest BCUT2D eigenvalue weighted by molar-refractivity contribution is 6.32. The molecule has 100 valence electrons. The summed E-state index contributed by atoms with van der Waals surface area (Å²) in [5, 5.41) is 9.66. The number of halogens is 1. The molecule has 0 saturated heterocycles. The van der Waals surface area contributed by atoms with Crippen molar-refractivity contribution in [3.8, 4) is 6.07 Å². The molecule has 2 aromatic carbocycles. The standard InChI is InChI=1S/C16H13ClN2O/c1-11-13(7-5-8-14(11)17)16(20)19(2)15-9-4-3-6-12(15)10-18/h3-9H,1-2H3. The molecule has 0 radical (unpaired) electrons. The van der Waals surface area contributed by atoms with Gasteiger partial charge in [-0.15, -0.1) is 0 Å². The van der Waals surface area contributed by atoms with Crippen LogP contribution in [0.3, 0.4) is 0 Å². The first kappa shape index (κ1) is 14.1. The summed E-state index contributed by atoms with van der Waals surface area (Å²) in [5.41, 5.74) is 2.32. The van der Waals surface area contributed by atoms with Gasteiger partial charge in [0, 0.05) is 17.6 Å². The molecule has 0 saturated carbocycles.